The van der Waals surface area contributed by atoms with E-state index in [0.29, 0.717) is 12.3 Å². The lowest BCUT2D eigenvalue weighted by Crippen LogP contribution is -1.98. The van der Waals surface area contributed by atoms with Gasteiger partial charge in [-0.2, -0.15) is 5.26 Å². The fourth-order valence-corrected chi connectivity index (χ4v) is 0.984. The van der Waals surface area contributed by atoms with Gasteiger partial charge in [-0.1, -0.05) is 0 Å². The van der Waals surface area contributed by atoms with Crippen LogP contribution in [0, 0.1) is 11.3 Å². The van der Waals surface area contributed by atoms with Crippen molar-refractivity contribution in [1.29, 1.82) is 5.26 Å². The topological polar surface area (TPSA) is 67.9 Å². The van der Waals surface area contributed by atoms with Crippen molar-refractivity contribution >= 4 is 18.2 Å². The van der Waals surface area contributed by atoms with E-state index in [4.69, 9.17) is 10.00 Å². The minimum atomic E-state index is -0.399. The Balaban J connectivity index is 2.62. The Morgan fingerprint density at radius 3 is 3.25 bits per heavy atom. The molecule has 0 aliphatic heterocycles. The van der Waals surface area contributed by atoms with Gasteiger partial charge in [0.1, 0.15) is 0 Å². The van der Waals surface area contributed by atoms with Crippen molar-refractivity contribution in [3.05, 3.63) is 30.4 Å². The summed E-state index contributed by atoms with van der Waals surface area (Å²) in [6, 6.07) is 1.87. The molecule has 0 aliphatic carbocycles. The van der Waals surface area contributed by atoms with Crippen molar-refractivity contribution in [1.82, 2.24) is 9.55 Å². The highest BCUT2D eigenvalue weighted by Crippen LogP contribution is 1.99. The maximum Gasteiger partial charge on any atom is 0.330 e. The Bertz CT molecular complexity index is 452. The fourth-order valence-electron chi connectivity index (χ4n) is 0.984. The van der Waals surface area contributed by atoms with Crippen LogP contribution in [-0.4, -0.2) is 22.1 Å². The van der Waals surface area contributed by atoms with Crippen LogP contribution in [0.3, 0.4) is 0 Å². The highest BCUT2D eigenvalue weighted by atomic mass is 16.5. The largest absolute Gasteiger partial charge is 0.463 e. The number of imidazole rings is 1. The SMILES string of the molecule is CCOC(=O)/C=C/c1cn(/C=C/C#N)cn1. The first-order chi connectivity index (χ1) is 7.76. The quantitative estimate of drug-likeness (QED) is 0.435. The number of esters is 1. The molecule has 0 unspecified atom stereocenters. The highest BCUT2D eigenvalue weighted by molar-refractivity contribution is 5.86. The summed E-state index contributed by atoms with van der Waals surface area (Å²) in [7, 11) is 0. The number of nitrogens with zero attached hydrogens (tertiary/aromatic N) is 3. The first-order valence-corrected chi connectivity index (χ1v) is 4.71. The molecule has 0 fully saturated rings. The molecule has 0 atom stereocenters. The third kappa shape index (κ3) is 3.80. The van der Waals surface area contributed by atoms with Gasteiger partial charge < -0.3 is 9.30 Å². The van der Waals surface area contributed by atoms with Crippen LogP contribution < -0.4 is 0 Å². The molecule has 0 bridgehead atoms. The smallest absolute Gasteiger partial charge is 0.330 e. The van der Waals surface area contributed by atoms with Gasteiger partial charge in [0.15, 0.2) is 0 Å². The molecule has 0 aliphatic rings. The van der Waals surface area contributed by atoms with Crippen molar-refractivity contribution in [3.63, 3.8) is 0 Å². The normalized spacial score (nSPS) is 10.8. The molecule has 0 amide bonds. The Hall–Kier alpha value is -2.35. The van der Waals surface area contributed by atoms with Crippen LogP contribution in [0.4, 0.5) is 0 Å². The second-order valence-corrected chi connectivity index (χ2v) is 2.78. The Labute approximate surface area is 93.3 Å². The van der Waals surface area contributed by atoms with E-state index >= 15 is 0 Å². The van der Waals surface area contributed by atoms with E-state index in [2.05, 4.69) is 4.98 Å². The standard InChI is InChI=1S/C11H11N3O2/c1-2-16-11(15)5-4-10-8-14(9-13-10)7-3-6-12/h3-5,7-9H,2H2,1H3/b5-4+,7-3+. The summed E-state index contributed by atoms with van der Waals surface area (Å²) in [6.45, 7) is 2.09. The van der Waals surface area contributed by atoms with Gasteiger partial charge >= 0.3 is 5.97 Å². The lowest BCUT2D eigenvalue weighted by atomic mass is 10.4. The molecule has 0 radical (unpaired) electrons. The number of aromatic nitrogens is 2. The van der Waals surface area contributed by atoms with Gasteiger partial charge in [0, 0.05) is 24.5 Å². The summed E-state index contributed by atoms with van der Waals surface area (Å²) in [5.41, 5.74) is 0.621. The van der Waals surface area contributed by atoms with E-state index in [1.54, 1.807) is 36.3 Å². The summed E-state index contributed by atoms with van der Waals surface area (Å²) in [5, 5.41) is 8.32. The zero-order valence-electron chi connectivity index (χ0n) is 8.83. The Morgan fingerprint density at radius 2 is 2.56 bits per heavy atom. The molecule has 0 aromatic carbocycles. The molecule has 82 valence electrons. The molecule has 0 spiro atoms. The second kappa shape index (κ2) is 6.19. The molecule has 1 aromatic heterocycles. The molecule has 0 saturated heterocycles. The molecule has 0 saturated carbocycles. The van der Waals surface area contributed by atoms with E-state index in [-0.39, 0.29) is 0 Å². The Morgan fingerprint density at radius 1 is 1.75 bits per heavy atom. The van der Waals surface area contributed by atoms with Crippen molar-refractivity contribution in [2.24, 2.45) is 0 Å². The van der Waals surface area contributed by atoms with Crippen LogP contribution in [0.25, 0.3) is 12.3 Å². The summed E-state index contributed by atoms with van der Waals surface area (Å²) < 4.78 is 6.34. The van der Waals surface area contributed by atoms with Crippen molar-refractivity contribution < 1.29 is 9.53 Å². The van der Waals surface area contributed by atoms with Crippen LogP contribution in [-0.2, 0) is 9.53 Å². The van der Waals surface area contributed by atoms with Crippen LogP contribution in [0.5, 0.6) is 0 Å². The van der Waals surface area contributed by atoms with Gasteiger partial charge in [0.2, 0.25) is 0 Å². The maximum atomic E-state index is 11.0. The minimum absolute atomic E-state index is 0.350. The Kier molecular flexibility index (Phi) is 4.54. The van der Waals surface area contributed by atoms with Gasteiger partial charge in [-0.3, -0.25) is 0 Å². The number of ether oxygens (including phenoxy) is 1. The average Bonchev–Trinajstić information content (AvgIpc) is 2.72. The van der Waals surface area contributed by atoms with E-state index in [9.17, 15) is 4.79 Å². The number of hydrogen-bond donors (Lipinski definition) is 0. The third-order valence-corrected chi connectivity index (χ3v) is 1.62. The number of nitriles is 1. The van der Waals surface area contributed by atoms with Crippen molar-refractivity contribution in [3.8, 4) is 6.07 Å². The van der Waals surface area contributed by atoms with Gasteiger partial charge in [-0.05, 0) is 13.0 Å². The molecular formula is C11H11N3O2. The third-order valence-electron chi connectivity index (χ3n) is 1.62. The fraction of sp³-hybridized carbons (Fsp3) is 0.182. The predicted octanol–water partition coefficient (Wildman–Crippen LogP) is 1.45. The van der Waals surface area contributed by atoms with E-state index in [1.165, 1.54) is 12.2 Å². The first kappa shape index (κ1) is 11.7. The van der Waals surface area contributed by atoms with Crippen LogP contribution >= 0.6 is 0 Å². The van der Waals surface area contributed by atoms with Crippen LogP contribution in [0.15, 0.2) is 24.7 Å². The van der Waals surface area contributed by atoms with E-state index in [1.807, 2.05) is 6.07 Å². The van der Waals surface area contributed by atoms with Crippen molar-refractivity contribution in [2.75, 3.05) is 6.61 Å². The maximum absolute atomic E-state index is 11.0. The lowest BCUT2D eigenvalue weighted by Gasteiger charge is -1.92. The molecule has 1 heterocycles. The summed E-state index contributed by atoms with van der Waals surface area (Å²) in [4.78, 5) is 15.0. The van der Waals surface area contributed by atoms with Gasteiger partial charge in [-0.15, -0.1) is 0 Å². The summed E-state index contributed by atoms with van der Waals surface area (Å²) in [5.74, 6) is -0.399. The van der Waals surface area contributed by atoms with Gasteiger partial charge in [0.05, 0.1) is 24.7 Å². The summed E-state index contributed by atoms with van der Waals surface area (Å²) >= 11 is 0. The predicted molar refractivity (Wildman–Crippen MR) is 58.8 cm³/mol. The van der Waals surface area contributed by atoms with Gasteiger partial charge in [-0.25, -0.2) is 9.78 Å². The molecule has 16 heavy (non-hydrogen) atoms. The molecule has 0 N–H and O–H groups in total. The van der Waals surface area contributed by atoms with Crippen LogP contribution in [0.1, 0.15) is 12.6 Å². The van der Waals surface area contributed by atoms with E-state index < -0.39 is 5.97 Å². The van der Waals surface area contributed by atoms with Gasteiger partial charge in [0.25, 0.3) is 0 Å². The van der Waals surface area contributed by atoms with Crippen molar-refractivity contribution in [2.45, 2.75) is 6.92 Å². The van der Waals surface area contributed by atoms with E-state index in [0.717, 1.165) is 0 Å². The average molecular weight is 217 g/mol. The molecule has 5 heteroatoms. The zero-order valence-corrected chi connectivity index (χ0v) is 8.83. The molecule has 1 aromatic rings. The lowest BCUT2D eigenvalue weighted by molar-refractivity contribution is -0.137. The molecule has 5 nitrogen and oxygen atoms in total. The number of allylic oxidation sites excluding steroid dienone is 1. The number of hydrogen-bond acceptors (Lipinski definition) is 4. The summed E-state index contributed by atoms with van der Waals surface area (Å²) in [6.07, 6.45) is 8.98. The highest BCUT2D eigenvalue weighted by Gasteiger charge is 1.95. The second-order valence-electron chi connectivity index (χ2n) is 2.78. The zero-order chi connectivity index (χ0) is 11.8. The molecule has 1 rings (SSSR count). The number of carbonyl (C=O) groups is 1. The minimum Gasteiger partial charge on any atom is -0.463 e. The van der Waals surface area contributed by atoms with Crippen LogP contribution in [0.2, 0.25) is 0 Å². The monoisotopic (exact) mass is 217 g/mol. The number of carbonyl (C=O) groups excluding carboxylic acids is 1. The number of rotatable bonds is 4. The first-order valence-electron chi connectivity index (χ1n) is 4.71. The molecular weight excluding hydrogens is 206 g/mol.